The predicted octanol–water partition coefficient (Wildman–Crippen LogP) is 5.95. The van der Waals surface area contributed by atoms with Gasteiger partial charge in [0.15, 0.2) is 0 Å². The topological polar surface area (TPSA) is 20.3 Å². The highest BCUT2D eigenvalue weighted by Crippen LogP contribution is 2.47. The molecule has 0 spiro atoms. The fraction of sp³-hybridized carbons (Fsp3) is 0.280. The van der Waals surface area contributed by atoms with E-state index in [1.54, 1.807) is 0 Å². The standard InChI is InChI=1S/C25H27NOSi/c1-17-19-10-6-8-12-21(19)23-14-18(16-28(27)26(5)25(2,3)4)15-24(23)22-13-9-7-11-20(17)22/h6-14H,1,15-16H2,2-5H3. The van der Waals surface area contributed by atoms with Crippen molar-refractivity contribution >= 4 is 25.6 Å². The molecule has 0 bridgehead atoms. The van der Waals surface area contributed by atoms with Crippen molar-refractivity contribution in [2.75, 3.05) is 7.05 Å². The molecule has 2 nitrogen and oxygen atoms in total. The first-order chi connectivity index (χ1) is 13.3. The molecule has 2 aromatic rings. The summed E-state index contributed by atoms with van der Waals surface area (Å²) < 4.78 is 15.0. The zero-order chi connectivity index (χ0) is 20.1. The Morgan fingerprint density at radius 3 is 2.11 bits per heavy atom. The molecule has 0 aromatic heterocycles. The first-order valence-electron chi connectivity index (χ1n) is 9.85. The van der Waals surface area contributed by atoms with Gasteiger partial charge in [-0.2, -0.15) is 0 Å². The normalized spacial score (nSPS) is 15.4. The minimum atomic E-state index is -1.85. The van der Waals surface area contributed by atoms with E-state index in [2.05, 4.69) is 82.0 Å². The fourth-order valence-electron chi connectivity index (χ4n) is 4.08. The van der Waals surface area contributed by atoms with Crippen LogP contribution >= 0.6 is 0 Å². The lowest BCUT2D eigenvalue weighted by molar-refractivity contribution is 0.274. The van der Waals surface area contributed by atoms with Crippen LogP contribution in [0, 0.1) is 0 Å². The largest absolute Gasteiger partial charge is 0.399 e. The maximum Gasteiger partial charge on any atom is 0.399 e. The first-order valence-corrected chi connectivity index (χ1v) is 11.4. The molecule has 2 aromatic carbocycles. The van der Waals surface area contributed by atoms with E-state index in [1.807, 2.05) is 11.6 Å². The van der Waals surface area contributed by atoms with Crippen LogP contribution in [-0.4, -0.2) is 26.0 Å². The number of rotatable bonds is 3. The van der Waals surface area contributed by atoms with Gasteiger partial charge in [0.2, 0.25) is 0 Å². The van der Waals surface area contributed by atoms with E-state index in [1.165, 1.54) is 39.0 Å². The van der Waals surface area contributed by atoms with E-state index in [0.717, 1.165) is 12.0 Å². The molecule has 0 fully saturated rings. The van der Waals surface area contributed by atoms with Crippen LogP contribution in [0.1, 0.15) is 49.4 Å². The molecule has 3 heteroatoms. The molecule has 0 saturated carbocycles. The number of allylic oxidation sites excluding steroid dienone is 4. The van der Waals surface area contributed by atoms with Crippen molar-refractivity contribution in [1.82, 2.24) is 4.57 Å². The van der Waals surface area contributed by atoms with Gasteiger partial charge in [-0.15, -0.1) is 0 Å². The lowest BCUT2D eigenvalue weighted by Crippen LogP contribution is -2.43. The van der Waals surface area contributed by atoms with Gasteiger partial charge < -0.3 is 9.03 Å². The van der Waals surface area contributed by atoms with Crippen LogP contribution in [0.4, 0.5) is 0 Å². The molecule has 0 atom stereocenters. The second kappa shape index (κ2) is 6.82. The molecule has 4 rings (SSSR count). The Bertz CT molecular complexity index is 1050. The van der Waals surface area contributed by atoms with Crippen LogP contribution in [-0.2, 0) is 4.46 Å². The molecule has 0 saturated heterocycles. The van der Waals surface area contributed by atoms with Crippen molar-refractivity contribution in [3.8, 4) is 0 Å². The minimum absolute atomic E-state index is 0.0866. The van der Waals surface area contributed by atoms with Gasteiger partial charge in [0, 0.05) is 18.6 Å². The third-order valence-corrected chi connectivity index (χ3v) is 8.13. The van der Waals surface area contributed by atoms with Gasteiger partial charge in [0.05, 0.1) is 0 Å². The summed E-state index contributed by atoms with van der Waals surface area (Å²) in [6.45, 7) is 10.7. The summed E-state index contributed by atoms with van der Waals surface area (Å²) in [4.78, 5) is 0. The van der Waals surface area contributed by atoms with Crippen molar-refractivity contribution in [2.24, 2.45) is 0 Å². The zero-order valence-electron chi connectivity index (χ0n) is 17.2. The van der Waals surface area contributed by atoms with E-state index >= 15 is 0 Å². The Balaban J connectivity index is 1.76. The smallest absolute Gasteiger partial charge is 0.375 e. The summed E-state index contributed by atoms with van der Waals surface area (Å²) in [5.41, 5.74) is 9.75. The van der Waals surface area contributed by atoms with Gasteiger partial charge in [-0.05, 0) is 66.2 Å². The molecule has 0 N–H and O–H groups in total. The van der Waals surface area contributed by atoms with E-state index in [4.69, 9.17) is 0 Å². The van der Waals surface area contributed by atoms with Crippen LogP contribution < -0.4 is 0 Å². The fourth-order valence-corrected chi connectivity index (χ4v) is 5.68. The van der Waals surface area contributed by atoms with E-state index in [-0.39, 0.29) is 5.54 Å². The quantitative estimate of drug-likeness (QED) is 0.608. The molecule has 28 heavy (non-hydrogen) atoms. The van der Waals surface area contributed by atoms with Crippen LogP contribution in [0.5, 0.6) is 0 Å². The third-order valence-electron chi connectivity index (χ3n) is 5.96. The van der Waals surface area contributed by atoms with Crippen LogP contribution in [0.3, 0.4) is 0 Å². The summed E-state index contributed by atoms with van der Waals surface area (Å²) in [5.74, 6) is 0. The molecular weight excluding hydrogens is 358 g/mol. The highest BCUT2D eigenvalue weighted by atomic mass is 28.3. The lowest BCUT2D eigenvalue weighted by Gasteiger charge is -2.32. The minimum Gasteiger partial charge on any atom is -0.375 e. The number of benzene rings is 2. The summed E-state index contributed by atoms with van der Waals surface area (Å²) >= 11 is 0. The number of nitrogens with zero attached hydrogens (tertiary/aromatic N) is 1. The van der Waals surface area contributed by atoms with E-state index in [9.17, 15) is 4.46 Å². The molecule has 0 unspecified atom stereocenters. The second-order valence-electron chi connectivity index (χ2n) is 8.74. The molecule has 0 radical (unpaired) electrons. The first kappa shape index (κ1) is 18.8. The Morgan fingerprint density at radius 2 is 1.50 bits per heavy atom. The Kier molecular flexibility index (Phi) is 4.58. The molecule has 2 aliphatic rings. The Morgan fingerprint density at radius 1 is 0.964 bits per heavy atom. The Hall–Kier alpha value is -2.52. The number of fused-ring (bicyclic) bond motifs is 4. The van der Waals surface area contributed by atoms with Gasteiger partial charge in [-0.1, -0.05) is 66.8 Å². The predicted molar refractivity (Wildman–Crippen MR) is 119 cm³/mol. The number of hydrogen-bond acceptors (Lipinski definition) is 1. The maximum absolute atomic E-state index is 13.0. The molecule has 0 amide bonds. The lowest BCUT2D eigenvalue weighted by atomic mass is 9.92. The third kappa shape index (κ3) is 3.14. The van der Waals surface area contributed by atoms with Crippen molar-refractivity contribution in [1.29, 1.82) is 0 Å². The van der Waals surface area contributed by atoms with Crippen LogP contribution in [0.25, 0.3) is 16.7 Å². The summed E-state index contributed by atoms with van der Waals surface area (Å²) in [5, 5.41) is 0. The van der Waals surface area contributed by atoms with E-state index in [0.29, 0.717) is 6.04 Å². The Labute approximate surface area is 169 Å². The monoisotopic (exact) mass is 385 g/mol. The number of hydrogen-bond donors (Lipinski definition) is 0. The van der Waals surface area contributed by atoms with Gasteiger partial charge in [-0.3, -0.25) is 0 Å². The summed E-state index contributed by atoms with van der Waals surface area (Å²) in [6.07, 6.45) is 3.14. The SMILES string of the molecule is C=C1c2ccccc2C2=C(CC(C[Si](=O)N(C)C(C)(C)C)=C2)c2ccccc21. The van der Waals surface area contributed by atoms with Gasteiger partial charge in [-0.25, -0.2) is 0 Å². The van der Waals surface area contributed by atoms with Crippen LogP contribution in [0.15, 0.2) is 66.8 Å². The van der Waals surface area contributed by atoms with Crippen molar-refractivity contribution in [3.05, 3.63) is 89.0 Å². The average Bonchev–Trinajstić information content (AvgIpc) is 3.05. The van der Waals surface area contributed by atoms with Gasteiger partial charge >= 0.3 is 8.84 Å². The van der Waals surface area contributed by atoms with Crippen molar-refractivity contribution in [2.45, 2.75) is 38.8 Å². The van der Waals surface area contributed by atoms with Crippen molar-refractivity contribution in [3.63, 3.8) is 0 Å². The highest BCUT2D eigenvalue weighted by molar-refractivity contribution is 6.40. The molecule has 0 heterocycles. The summed E-state index contributed by atoms with van der Waals surface area (Å²) in [6, 6.07) is 17.7. The van der Waals surface area contributed by atoms with E-state index < -0.39 is 8.84 Å². The van der Waals surface area contributed by atoms with Gasteiger partial charge in [0.25, 0.3) is 0 Å². The molecule has 0 aliphatic heterocycles. The second-order valence-corrected chi connectivity index (χ2v) is 10.6. The molecule has 2 aliphatic carbocycles. The highest BCUT2D eigenvalue weighted by Gasteiger charge is 2.30. The molecule has 142 valence electrons. The maximum atomic E-state index is 13.0. The zero-order valence-corrected chi connectivity index (χ0v) is 18.2. The van der Waals surface area contributed by atoms with Crippen molar-refractivity contribution < 1.29 is 4.46 Å². The van der Waals surface area contributed by atoms with Crippen LogP contribution in [0.2, 0.25) is 6.04 Å². The molecular formula is C25H27NOSi. The average molecular weight is 386 g/mol. The van der Waals surface area contributed by atoms with Gasteiger partial charge in [0.1, 0.15) is 0 Å². The summed E-state index contributed by atoms with van der Waals surface area (Å²) in [7, 11) is 0.124.